The molecule has 0 spiro atoms. The molecule has 2 aromatic rings. The molecule has 28 heavy (non-hydrogen) atoms. The number of aromatic nitrogens is 3. The molecular formula is C12H18N4O10P2. The first-order valence-corrected chi connectivity index (χ1v) is 10.7. The van der Waals surface area contributed by atoms with Gasteiger partial charge in [0.15, 0.2) is 6.23 Å². The SMILES string of the molecule is C[C@]1(O)C(n2ccc3c(N)ncnc32)O[C@H](COP(=O)(O)OP(=O)(O)O)[C@H]1O. The van der Waals surface area contributed by atoms with Gasteiger partial charge in [-0.25, -0.2) is 19.1 Å². The zero-order chi connectivity index (χ0) is 20.9. The predicted octanol–water partition coefficient (Wildman–Crippen LogP) is -0.751. The van der Waals surface area contributed by atoms with Crippen LogP contribution in [0.5, 0.6) is 0 Å². The molecule has 2 aromatic heterocycles. The van der Waals surface area contributed by atoms with Gasteiger partial charge in [-0.15, -0.1) is 0 Å². The van der Waals surface area contributed by atoms with Crippen molar-refractivity contribution < 1.29 is 47.6 Å². The van der Waals surface area contributed by atoms with Crippen LogP contribution < -0.4 is 5.73 Å². The van der Waals surface area contributed by atoms with E-state index in [1.807, 2.05) is 0 Å². The summed E-state index contributed by atoms with van der Waals surface area (Å²) in [5.74, 6) is 0.192. The molecule has 1 aliphatic rings. The van der Waals surface area contributed by atoms with E-state index in [0.717, 1.165) is 0 Å². The number of nitrogens with two attached hydrogens (primary N) is 1. The average Bonchev–Trinajstić information content (AvgIpc) is 3.05. The minimum absolute atomic E-state index is 0.192. The first-order valence-electron chi connectivity index (χ1n) is 7.69. The molecule has 0 aliphatic carbocycles. The van der Waals surface area contributed by atoms with Crippen molar-refractivity contribution in [3.05, 3.63) is 18.6 Å². The molecule has 2 unspecified atom stereocenters. The zero-order valence-electron chi connectivity index (χ0n) is 14.3. The van der Waals surface area contributed by atoms with Crippen LogP contribution in [-0.4, -0.2) is 63.8 Å². The highest BCUT2D eigenvalue weighted by Crippen LogP contribution is 2.58. The maximum absolute atomic E-state index is 11.6. The fourth-order valence-electron chi connectivity index (χ4n) is 2.88. The predicted molar refractivity (Wildman–Crippen MR) is 91.4 cm³/mol. The lowest BCUT2D eigenvalue weighted by Crippen LogP contribution is -2.44. The van der Waals surface area contributed by atoms with Crippen molar-refractivity contribution in [2.24, 2.45) is 0 Å². The van der Waals surface area contributed by atoms with E-state index in [1.165, 1.54) is 24.0 Å². The number of nitrogens with zero attached hydrogens (tertiary/aromatic N) is 3. The van der Waals surface area contributed by atoms with Crippen molar-refractivity contribution in [3.8, 4) is 0 Å². The Balaban J connectivity index is 1.81. The Labute approximate surface area is 157 Å². The number of anilines is 1. The summed E-state index contributed by atoms with van der Waals surface area (Å²) < 4.78 is 37.3. The summed E-state index contributed by atoms with van der Waals surface area (Å²) in [6, 6.07) is 1.58. The Morgan fingerprint density at radius 3 is 2.68 bits per heavy atom. The van der Waals surface area contributed by atoms with Crippen LogP contribution in [0.15, 0.2) is 18.6 Å². The second-order valence-electron chi connectivity index (χ2n) is 6.25. The Kier molecular flexibility index (Phi) is 5.40. The van der Waals surface area contributed by atoms with E-state index in [4.69, 9.17) is 20.3 Å². The number of aliphatic hydroxyl groups excluding tert-OH is 1. The maximum atomic E-state index is 11.6. The highest BCUT2D eigenvalue weighted by Gasteiger charge is 2.54. The third-order valence-corrected chi connectivity index (χ3v) is 6.31. The van der Waals surface area contributed by atoms with E-state index in [-0.39, 0.29) is 5.82 Å². The van der Waals surface area contributed by atoms with E-state index < -0.39 is 46.3 Å². The van der Waals surface area contributed by atoms with Gasteiger partial charge in [-0.2, -0.15) is 4.31 Å². The van der Waals surface area contributed by atoms with Crippen LogP contribution in [0.4, 0.5) is 5.82 Å². The van der Waals surface area contributed by atoms with Gasteiger partial charge in [-0.1, -0.05) is 0 Å². The number of rotatable bonds is 6. The van der Waals surface area contributed by atoms with Crippen LogP contribution >= 0.6 is 15.6 Å². The quantitative estimate of drug-likeness (QED) is 0.305. The molecule has 7 N–H and O–H groups in total. The van der Waals surface area contributed by atoms with Crippen LogP contribution in [0, 0.1) is 0 Å². The summed E-state index contributed by atoms with van der Waals surface area (Å²) in [6.07, 6.45) is -1.42. The summed E-state index contributed by atoms with van der Waals surface area (Å²) in [5.41, 5.74) is 4.19. The monoisotopic (exact) mass is 440 g/mol. The Morgan fingerprint density at radius 2 is 2.04 bits per heavy atom. The summed E-state index contributed by atoms with van der Waals surface area (Å²) >= 11 is 0. The number of phosphoric ester groups is 1. The van der Waals surface area contributed by atoms with Crippen LogP contribution in [0.3, 0.4) is 0 Å². The van der Waals surface area contributed by atoms with Gasteiger partial charge in [0.05, 0.1) is 12.0 Å². The summed E-state index contributed by atoms with van der Waals surface area (Å²) in [7, 11) is -10.4. The largest absolute Gasteiger partial charge is 0.481 e. The smallest absolute Gasteiger partial charge is 0.387 e. The van der Waals surface area contributed by atoms with Gasteiger partial charge in [0.25, 0.3) is 0 Å². The molecule has 0 saturated carbocycles. The highest BCUT2D eigenvalue weighted by atomic mass is 31.3. The molecule has 1 aliphatic heterocycles. The van der Waals surface area contributed by atoms with Gasteiger partial charge >= 0.3 is 15.6 Å². The van der Waals surface area contributed by atoms with Crippen molar-refractivity contribution >= 4 is 32.5 Å². The molecule has 0 amide bonds. The molecule has 1 fully saturated rings. The number of phosphoric acid groups is 2. The second-order valence-corrected chi connectivity index (χ2v) is 9.08. The van der Waals surface area contributed by atoms with Gasteiger partial charge in [-0.05, 0) is 13.0 Å². The number of hydrogen-bond acceptors (Lipinski definition) is 10. The number of aliphatic hydroxyl groups is 2. The van der Waals surface area contributed by atoms with E-state index in [9.17, 15) is 24.2 Å². The lowest BCUT2D eigenvalue weighted by molar-refractivity contribution is -0.0947. The first kappa shape index (κ1) is 21.3. The van der Waals surface area contributed by atoms with Crippen LogP contribution in [0.1, 0.15) is 13.2 Å². The average molecular weight is 440 g/mol. The fourth-order valence-corrected chi connectivity index (χ4v) is 4.48. The molecule has 156 valence electrons. The van der Waals surface area contributed by atoms with E-state index in [1.54, 1.807) is 6.07 Å². The molecule has 0 bridgehead atoms. The number of ether oxygens (including phenoxy) is 1. The second kappa shape index (κ2) is 7.11. The number of fused-ring (bicyclic) bond motifs is 1. The minimum atomic E-state index is -5.29. The highest BCUT2D eigenvalue weighted by molar-refractivity contribution is 7.60. The minimum Gasteiger partial charge on any atom is -0.387 e. The molecule has 14 nitrogen and oxygen atoms in total. The van der Waals surface area contributed by atoms with E-state index in [0.29, 0.717) is 11.0 Å². The van der Waals surface area contributed by atoms with Crippen molar-refractivity contribution in [2.45, 2.75) is 31.0 Å². The summed E-state index contributed by atoms with van der Waals surface area (Å²) in [5, 5.41) is 21.5. The summed E-state index contributed by atoms with van der Waals surface area (Å²) in [4.78, 5) is 34.4. The van der Waals surface area contributed by atoms with Crippen LogP contribution in [0.2, 0.25) is 0 Å². The Hall–Kier alpha value is -1.44. The molecule has 0 aromatic carbocycles. The molecule has 3 rings (SSSR count). The fraction of sp³-hybridized carbons (Fsp3) is 0.500. The molecule has 3 heterocycles. The van der Waals surface area contributed by atoms with Crippen molar-refractivity contribution in [2.75, 3.05) is 12.3 Å². The van der Waals surface area contributed by atoms with Gasteiger partial charge < -0.3 is 39.9 Å². The Morgan fingerprint density at radius 1 is 1.36 bits per heavy atom. The Bertz CT molecular complexity index is 974. The van der Waals surface area contributed by atoms with Crippen molar-refractivity contribution in [1.82, 2.24) is 14.5 Å². The summed E-state index contributed by atoms with van der Waals surface area (Å²) in [6.45, 7) is 0.460. The lowest BCUT2D eigenvalue weighted by atomic mass is 9.96. The van der Waals surface area contributed by atoms with E-state index in [2.05, 4.69) is 18.8 Å². The zero-order valence-corrected chi connectivity index (χ0v) is 16.1. The molecule has 16 heteroatoms. The molecule has 5 atom stereocenters. The molecule has 1 saturated heterocycles. The van der Waals surface area contributed by atoms with Gasteiger partial charge in [0, 0.05) is 6.20 Å². The van der Waals surface area contributed by atoms with Crippen LogP contribution in [-0.2, 0) is 22.7 Å². The standard InChI is InChI=1S/C12H18N4O10P2/c1-12(18)8(17)7(4-24-28(22,23)26-27(19,20)21)25-11(12)16-3-2-6-9(13)14-5-15-10(6)16/h2-3,5,7-8,11,17-18H,4H2,1H3,(H,22,23)(H2,13,14,15)(H2,19,20,21)/t7-,8-,11?,12-/m1/s1. The maximum Gasteiger partial charge on any atom is 0.481 e. The third kappa shape index (κ3) is 4.11. The van der Waals surface area contributed by atoms with Crippen molar-refractivity contribution in [1.29, 1.82) is 0 Å². The molecular weight excluding hydrogens is 422 g/mol. The molecule has 0 radical (unpaired) electrons. The van der Waals surface area contributed by atoms with Crippen molar-refractivity contribution in [3.63, 3.8) is 0 Å². The number of hydrogen-bond donors (Lipinski definition) is 6. The van der Waals surface area contributed by atoms with Gasteiger partial charge in [0.1, 0.15) is 35.6 Å². The van der Waals surface area contributed by atoms with Gasteiger partial charge in [0.2, 0.25) is 0 Å². The first-order chi connectivity index (χ1) is 12.8. The van der Waals surface area contributed by atoms with Crippen LogP contribution in [0.25, 0.3) is 11.0 Å². The van der Waals surface area contributed by atoms with E-state index >= 15 is 0 Å². The normalized spacial score (nSPS) is 30.6. The third-order valence-electron chi connectivity index (χ3n) is 4.16. The number of nitrogen functional groups attached to an aromatic ring is 1. The lowest BCUT2D eigenvalue weighted by Gasteiger charge is -2.27. The van der Waals surface area contributed by atoms with Gasteiger partial charge in [-0.3, -0.25) is 4.52 Å². The topological polar surface area (TPSA) is 220 Å².